The highest BCUT2D eigenvalue weighted by Gasteiger charge is 2.21. The minimum absolute atomic E-state index is 0.0733. The van der Waals surface area contributed by atoms with Crippen LogP contribution in [0.3, 0.4) is 0 Å². The molecule has 0 radical (unpaired) electrons. The molecule has 152 valence electrons. The zero-order chi connectivity index (χ0) is 21.2. The van der Waals surface area contributed by atoms with Gasteiger partial charge in [-0.3, -0.25) is 4.79 Å². The van der Waals surface area contributed by atoms with Gasteiger partial charge >= 0.3 is 0 Å². The maximum Gasteiger partial charge on any atom is 0.255 e. The van der Waals surface area contributed by atoms with Crippen LogP contribution in [0.1, 0.15) is 21.6 Å². The van der Waals surface area contributed by atoms with Crippen molar-refractivity contribution in [1.29, 1.82) is 0 Å². The van der Waals surface area contributed by atoms with Crippen LogP contribution >= 0.6 is 11.6 Å². The molecule has 1 N–H and O–H groups in total. The van der Waals surface area contributed by atoms with Crippen molar-refractivity contribution in [2.45, 2.75) is 18.4 Å². The number of halogens is 1. The summed E-state index contributed by atoms with van der Waals surface area (Å²) in [4.78, 5) is 12.9. The lowest BCUT2D eigenvalue weighted by molar-refractivity contribution is 0.0950. The van der Waals surface area contributed by atoms with Crippen molar-refractivity contribution in [1.82, 2.24) is 19.4 Å². The van der Waals surface area contributed by atoms with Crippen LogP contribution in [0.2, 0.25) is 5.02 Å². The van der Waals surface area contributed by atoms with Crippen molar-refractivity contribution in [3.8, 4) is 5.69 Å². The average Bonchev–Trinajstić information content (AvgIpc) is 3.07. The smallest absolute Gasteiger partial charge is 0.255 e. The van der Waals surface area contributed by atoms with Crippen molar-refractivity contribution < 1.29 is 13.2 Å². The van der Waals surface area contributed by atoms with Gasteiger partial charge in [0.15, 0.2) is 0 Å². The van der Waals surface area contributed by atoms with E-state index in [1.165, 1.54) is 26.4 Å². The van der Waals surface area contributed by atoms with E-state index in [0.717, 1.165) is 9.99 Å². The molecule has 0 saturated carbocycles. The molecule has 0 atom stereocenters. The lowest BCUT2D eigenvalue weighted by Gasteiger charge is -2.15. The molecular weight excluding hydrogens is 412 g/mol. The minimum Gasteiger partial charge on any atom is -0.348 e. The Labute approximate surface area is 175 Å². The number of amides is 1. The summed E-state index contributed by atoms with van der Waals surface area (Å²) in [5, 5.41) is 7.63. The van der Waals surface area contributed by atoms with E-state index >= 15 is 0 Å². The summed E-state index contributed by atoms with van der Waals surface area (Å²) in [5.74, 6) is -0.340. The molecule has 0 aliphatic carbocycles. The SMILES string of the molecule is Cc1c(C(=O)NCc2ccccc2S(=O)(=O)N(C)C)cnn1-c1cccc(Cl)c1. The van der Waals surface area contributed by atoms with Crippen LogP contribution in [0.25, 0.3) is 5.69 Å². The van der Waals surface area contributed by atoms with Gasteiger partial charge in [0.05, 0.1) is 28.0 Å². The molecule has 9 heteroatoms. The van der Waals surface area contributed by atoms with Crippen LogP contribution in [-0.4, -0.2) is 42.5 Å². The number of rotatable bonds is 6. The monoisotopic (exact) mass is 432 g/mol. The van der Waals surface area contributed by atoms with Crippen LogP contribution in [0, 0.1) is 6.92 Å². The van der Waals surface area contributed by atoms with Gasteiger partial charge in [-0.1, -0.05) is 35.9 Å². The Morgan fingerprint density at radius 1 is 1.17 bits per heavy atom. The lowest BCUT2D eigenvalue weighted by atomic mass is 10.2. The predicted octanol–water partition coefficient (Wildman–Crippen LogP) is 3.01. The second kappa shape index (κ2) is 8.36. The summed E-state index contributed by atoms with van der Waals surface area (Å²) in [6, 6.07) is 13.8. The Hall–Kier alpha value is -2.68. The van der Waals surface area contributed by atoms with Crippen molar-refractivity contribution in [3.63, 3.8) is 0 Å². The fourth-order valence-corrected chi connectivity index (χ4v) is 4.17. The van der Waals surface area contributed by atoms with E-state index in [4.69, 9.17) is 11.6 Å². The van der Waals surface area contributed by atoms with Gasteiger partial charge in [-0.05, 0) is 36.8 Å². The molecule has 0 saturated heterocycles. The molecule has 7 nitrogen and oxygen atoms in total. The summed E-state index contributed by atoms with van der Waals surface area (Å²) in [6.45, 7) is 1.86. The molecule has 29 heavy (non-hydrogen) atoms. The topological polar surface area (TPSA) is 84.3 Å². The first kappa shape index (κ1) is 21.0. The Kier molecular flexibility index (Phi) is 6.07. The van der Waals surface area contributed by atoms with E-state index in [1.807, 2.05) is 6.07 Å². The van der Waals surface area contributed by atoms with Gasteiger partial charge in [0.25, 0.3) is 5.91 Å². The Bertz CT molecular complexity index is 1160. The Morgan fingerprint density at radius 3 is 2.59 bits per heavy atom. The quantitative estimate of drug-likeness (QED) is 0.648. The zero-order valence-electron chi connectivity index (χ0n) is 16.3. The lowest BCUT2D eigenvalue weighted by Crippen LogP contribution is -2.27. The van der Waals surface area contributed by atoms with E-state index in [-0.39, 0.29) is 17.3 Å². The van der Waals surface area contributed by atoms with Gasteiger partial charge in [0, 0.05) is 25.7 Å². The number of carbonyl (C=O) groups excluding carboxylic acids is 1. The third-order valence-electron chi connectivity index (χ3n) is 4.48. The standard InChI is InChI=1S/C20H21ClN4O3S/c1-14-18(13-23-25(14)17-9-6-8-16(21)11-17)20(26)22-12-15-7-4-5-10-19(15)29(27,28)24(2)3/h4-11,13H,12H2,1-3H3,(H,22,26). The summed E-state index contributed by atoms with van der Waals surface area (Å²) in [6.07, 6.45) is 1.48. The largest absolute Gasteiger partial charge is 0.348 e. The molecule has 1 amide bonds. The second-order valence-corrected chi connectivity index (χ2v) is 9.17. The molecule has 0 unspecified atom stereocenters. The van der Waals surface area contributed by atoms with Gasteiger partial charge in [0.2, 0.25) is 10.0 Å². The predicted molar refractivity (Wildman–Crippen MR) is 112 cm³/mol. The van der Waals surface area contributed by atoms with Crippen LogP contribution in [0.5, 0.6) is 0 Å². The molecule has 0 aliphatic heterocycles. The van der Waals surface area contributed by atoms with Gasteiger partial charge in [-0.2, -0.15) is 5.10 Å². The zero-order valence-corrected chi connectivity index (χ0v) is 17.8. The number of hydrogen-bond donors (Lipinski definition) is 1. The van der Waals surface area contributed by atoms with Gasteiger partial charge < -0.3 is 5.32 Å². The molecule has 3 aromatic rings. The molecule has 0 aliphatic rings. The van der Waals surface area contributed by atoms with E-state index in [2.05, 4.69) is 10.4 Å². The van der Waals surface area contributed by atoms with Crippen molar-refractivity contribution in [3.05, 3.63) is 76.6 Å². The maximum atomic E-state index is 12.7. The Morgan fingerprint density at radius 2 is 1.90 bits per heavy atom. The first-order chi connectivity index (χ1) is 13.7. The van der Waals surface area contributed by atoms with Gasteiger partial charge in [0.1, 0.15) is 0 Å². The molecule has 0 fully saturated rings. The summed E-state index contributed by atoms with van der Waals surface area (Å²) in [5.41, 5.74) is 2.31. The van der Waals surface area contributed by atoms with Crippen LogP contribution < -0.4 is 5.32 Å². The van der Waals surface area contributed by atoms with Crippen molar-refractivity contribution >= 4 is 27.5 Å². The average molecular weight is 433 g/mol. The number of aromatic nitrogens is 2. The third kappa shape index (κ3) is 4.34. The second-order valence-electron chi connectivity index (χ2n) is 6.61. The fraction of sp³-hybridized carbons (Fsp3) is 0.200. The first-order valence-electron chi connectivity index (χ1n) is 8.81. The molecule has 1 aromatic heterocycles. The van der Waals surface area contributed by atoms with Gasteiger partial charge in [-0.25, -0.2) is 17.4 Å². The summed E-state index contributed by atoms with van der Waals surface area (Å²) in [7, 11) is -0.670. The van der Waals surface area contributed by atoms with Crippen molar-refractivity contribution in [2.75, 3.05) is 14.1 Å². The molecular formula is C20H21ClN4O3S. The third-order valence-corrected chi connectivity index (χ3v) is 6.63. The van der Waals surface area contributed by atoms with Gasteiger partial charge in [-0.15, -0.1) is 0 Å². The molecule has 2 aromatic carbocycles. The van der Waals surface area contributed by atoms with E-state index in [1.54, 1.807) is 48.0 Å². The number of hydrogen-bond acceptors (Lipinski definition) is 4. The molecule has 0 spiro atoms. The number of benzene rings is 2. The number of nitrogens with one attached hydrogen (secondary N) is 1. The van der Waals surface area contributed by atoms with Crippen molar-refractivity contribution in [2.24, 2.45) is 0 Å². The molecule has 0 bridgehead atoms. The normalized spacial score (nSPS) is 11.6. The molecule has 3 rings (SSSR count). The maximum absolute atomic E-state index is 12.7. The highest BCUT2D eigenvalue weighted by molar-refractivity contribution is 7.89. The fourth-order valence-electron chi connectivity index (χ4n) is 2.87. The molecule has 1 heterocycles. The number of nitrogens with zero attached hydrogens (tertiary/aromatic N) is 3. The van der Waals surface area contributed by atoms with E-state index in [0.29, 0.717) is 21.8 Å². The van der Waals surface area contributed by atoms with Crippen LogP contribution in [-0.2, 0) is 16.6 Å². The summed E-state index contributed by atoms with van der Waals surface area (Å²) < 4.78 is 27.8. The van der Waals surface area contributed by atoms with Crippen LogP contribution in [0.4, 0.5) is 0 Å². The minimum atomic E-state index is -3.61. The highest BCUT2D eigenvalue weighted by Crippen LogP contribution is 2.20. The highest BCUT2D eigenvalue weighted by atomic mass is 35.5. The first-order valence-corrected chi connectivity index (χ1v) is 10.6. The number of sulfonamides is 1. The van der Waals surface area contributed by atoms with E-state index in [9.17, 15) is 13.2 Å². The van der Waals surface area contributed by atoms with E-state index < -0.39 is 10.0 Å². The Balaban J connectivity index is 1.82. The number of carbonyl (C=O) groups is 1. The van der Waals surface area contributed by atoms with Crippen LogP contribution in [0.15, 0.2) is 59.6 Å². The summed E-state index contributed by atoms with van der Waals surface area (Å²) >= 11 is 6.03.